The van der Waals surface area contributed by atoms with E-state index >= 15 is 0 Å². The Morgan fingerprint density at radius 2 is 1.70 bits per heavy atom. The Kier molecular flexibility index (Phi) is 6.75. The average Bonchev–Trinajstić information content (AvgIpc) is 2.83. The topological polar surface area (TPSA) is 81.7 Å². The monoisotopic (exact) mass is 443 g/mol. The number of carbonyl (C=O) groups excluding carboxylic acids is 2. The van der Waals surface area contributed by atoms with Gasteiger partial charge < -0.3 is 20.6 Å². The number of fused-ring (bicyclic) bond motifs is 1. The molecule has 0 bridgehead atoms. The molecule has 3 aromatic carbocycles. The van der Waals surface area contributed by atoms with Crippen LogP contribution in [0.25, 0.3) is 11.1 Å². The molecular weight excluding hydrogens is 414 g/mol. The average molecular weight is 444 g/mol. The molecule has 0 unspecified atom stereocenters. The maximum absolute atomic E-state index is 12.4. The number of aliphatic hydroxyl groups is 1. The van der Waals surface area contributed by atoms with E-state index in [1.54, 1.807) is 19.1 Å². The lowest BCUT2D eigenvalue weighted by atomic mass is 9.88. The summed E-state index contributed by atoms with van der Waals surface area (Å²) in [4.78, 5) is 26.4. The smallest absolute Gasteiger partial charge is 0.251 e. The Balaban J connectivity index is 1.68. The molecule has 6 nitrogen and oxygen atoms in total. The fraction of sp³-hybridized carbons (Fsp3) is 0.259. The van der Waals surface area contributed by atoms with Crippen molar-refractivity contribution in [3.8, 4) is 11.1 Å². The summed E-state index contributed by atoms with van der Waals surface area (Å²) in [6, 6.07) is 23.8. The van der Waals surface area contributed by atoms with Gasteiger partial charge in [0, 0.05) is 36.4 Å². The van der Waals surface area contributed by atoms with Crippen molar-refractivity contribution in [2.45, 2.75) is 32.4 Å². The van der Waals surface area contributed by atoms with Crippen molar-refractivity contribution in [2.75, 3.05) is 23.4 Å². The molecule has 1 aliphatic rings. The van der Waals surface area contributed by atoms with Crippen LogP contribution in [-0.4, -0.2) is 36.1 Å². The summed E-state index contributed by atoms with van der Waals surface area (Å²) < 4.78 is 0. The van der Waals surface area contributed by atoms with Crippen molar-refractivity contribution >= 4 is 23.2 Å². The van der Waals surface area contributed by atoms with Crippen LogP contribution >= 0.6 is 0 Å². The van der Waals surface area contributed by atoms with E-state index in [0.717, 1.165) is 34.5 Å². The minimum atomic E-state index is -0.209. The molecule has 0 radical (unpaired) electrons. The number of hydrogen-bond donors (Lipinski definition) is 3. The first-order chi connectivity index (χ1) is 16.0. The van der Waals surface area contributed by atoms with Gasteiger partial charge in [0.2, 0.25) is 5.91 Å². The number of rotatable bonds is 6. The Hall–Kier alpha value is -3.64. The molecule has 2 amide bonds. The van der Waals surface area contributed by atoms with Gasteiger partial charge >= 0.3 is 0 Å². The van der Waals surface area contributed by atoms with Crippen LogP contribution in [0.1, 0.15) is 42.2 Å². The van der Waals surface area contributed by atoms with E-state index in [9.17, 15) is 9.59 Å². The summed E-state index contributed by atoms with van der Waals surface area (Å²) in [6.45, 7) is 3.83. The van der Waals surface area contributed by atoms with Crippen molar-refractivity contribution < 1.29 is 14.7 Å². The van der Waals surface area contributed by atoms with Crippen LogP contribution in [0.15, 0.2) is 72.8 Å². The van der Waals surface area contributed by atoms with Gasteiger partial charge in [-0.1, -0.05) is 36.4 Å². The highest BCUT2D eigenvalue weighted by Gasteiger charge is 2.32. The van der Waals surface area contributed by atoms with Gasteiger partial charge in [-0.3, -0.25) is 9.59 Å². The van der Waals surface area contributed by atoms with Gasteiger partial charge in [-0.2, -0.15) is 0 Å². The van der Waals surface area contributed by atoms with Crippen LogP contribution in [0, 0.1) is 0 Å². The van der Waals surface area contributed by atoms with Crippen molar-refractivity contribution in [1.29, 1.82) is 0 Å². The second kappa shape index (κ2) is 9.88. The predicted octanol–water partition coefficient (Wildman–Crippen LogP) is 4.37. The van der Waals surface area contributed by atoms with Crippen LogP contribution in [0.3, 0.4) is 0 Å². The summed E-state index contributed by atoms with van der Waals surface area (Å²) >= 11 is 0. The van der Waals surface area contributed by atoms with E-state index in [1.807, 2.05) is 59.5 Å². The van der Waals surface area contributed by atoms with Gasteiger partial charge in [-0.15, -0.1) is 0 Å². The fourth-order valence-electron chi connectivity index (χ4n) is 4.48. The molecule has 170 valence electrons. The van der Waals surface area contributed by atoms with E-state index in [4.69, 9.17) is 5.11 Å². The van der Waals surface area contributed by atoms with Gasteiger partial charge in [0.05, 0.1) is 12.6 Å². The Labute approximate surface area is 194 Å². The van der Waals surface area contributed by atoms with Crippen LogP contribution < -0.4 is 15.5 Å². The van der Waals surface area contributed by atoms with Crippen molar-refractivity contribution in [3.05, 3.63) is 83.9 Å². The lowest BCUT2D eigenvalue weighted by Crippen LogP contribution is -2.43. The quantitative estimate of drug-likeness (QED) is 0.528. The minimum absolute atomic E-state index is 0.0351. The molecule has 0 saturated heterocycles. The summed E-state index contributed by atoms with van der Waals surface area (Å²) in [5.74, 6) is -0.174. The second-order valence-electron chi connectivity index (χ2n) is 8.37. The SMILES string of the molecule is CC(=O)N1c2ccc(-c3ccc(C(=O)NCCO)cc3)cc2[C@H](Nc2ccccc2)C[C@@H]1C. The van der Waals surface area contributed by atoms with Crippen LogP contribution in [0.4, 0.5) is 11.4 Å². The Bertz CT molecular complexity index is 1130. The number of amides is 2. The zero-order chi connectivity index (χ0) is 23.4. The third-order valence-corrected chi connectivity index (χ3v) is 6.01. The Morgan fingerprint density at radius 3 is 2.36 bits per heavy atom. The number of anilines is 2. The zero-order valence-corrected chi connectivity index (χ0v) is 18.9. The van der Waals surface area contributed by atoms with Crippen molar-refractivity contribution in [2.24, 2.45) is 0 Å². The van der Waals surface area contributed by atoms with Gasteiger partial charge in [0.25, 0.3) is 5.91 Å². The van der Waals surface area contributed by atoms with Crippen LogP contribution in [-0.2, 0) is 4.79 Å². The molecule has 1 heterocycles. The molecule has 1 aliphatic heterocycles. The number of para-hydroxylation sites is 1. The third-order valence-electron chi connectivity index (χ3n) is 6.01. The number of carbonyl (C=O) groups is 2. The summed E-state index contributed by atoms with van der Waals surface area (Å²) in [5, 5.41) is 15.2. The number of hydrogen-bond acceptors (Lipinski definition) is 4. The molecule has 0 fully saturated rings. The molecule has 0 spiro atoms. The second-order valence-corrected chi connectivity index (χ2v) is 8.37. The molecule has 0 aliphatic carbocycles. The van der Waals surface area contributed by atoms with Gasteiger partial charge in [0.1, 0.15) is 0 Å². The maximum Gasteiger partial charge on any atom is 0.251 e. The van der Waals surface area contributed by atoms with Crippen molar-refractivity contribution in [1.82, 2.24) is 5.32 Å². The molecule has 0 saturated carbocycles. The lowest BCUT2D eigenvalue weighted by Gasteiger charge is -2.39. The highest BCUT2D eigenvalue weighted by molar-refractivity contribution is 5.95. The number of benzene rings is 3. The van der Waals surface area contributed by atoms with E-state index in [0.29, 0.717) is 5.56 Å². The molecule has 3 aromatic rings. The van der Waals surface area contributed by atoms with Crippen LogP contribution in [0.5, 0.6) is 0 Å². The highest BCUT2D eigenvalue weighted by atomic mass is 16.3. The summed E-state index contributed by atoms with van der Waals surface area (Å²) in [7, 11) is 0. The van der Waals surface area contributed by atoms with Gasteiger partial charge in [0.15, 0.2) is 0 Å². The molecule has 0 aromatic heterocycles. The molecule has 3 N–H and O–H groups in total. The number of aliphatic hydroxyl groups excluding tert-OH is 1. The third kappa shape index (κ3) is 4.91. The van der Waals surface area contributed by atoms with E-state index in [2.05, 4.69) is 23.6 Å². The summed E-state index contributed by atoms with van der Waals surface area (Å²) in [5.41, 5.74) is 5.61. The zero-order valence-electron chi connectivity index (χ0n) is 18.9. The highest BCUT2D eigenvalue weighted by Crippen LogP contribution is 2.41. The number of nitrogens with one attached hydrogen (secondary N) is 2. The fourth-order valence-corrected chi connectivity index (χ4v) is 4.48. The first kappa shape index (κ1) is 22.6. The van der Waals surface area contributed by atoms with E-state index in [-0.39, 0.29) is 37.0 Å². The standard InChI is InChI=1S/C27H29N3O3/c1-18-16-25(29-23-6-4-3-5-7-23)24-17-22(12-13-26(24)30(18)19(2)32)20-8-10-21(11-9-20)27(33)28-14-15-31/h3-13,17-18,25,29,31H,14-16H2,1-2H3,(H,28,33)/t18-,25+/m0/s1. The van der Waals surface area contributed by atoms with E-state index < -0.39 is 0 Å². The van der Waals surface area contributed by atoms with Gasteiger partial charge in [-0.05, 0) is 66.4 Å². The number of nitrogens with zero attached hydrogens (tertiary/aromatic N) is 1. The first-order valence-corrected chi connectivity index (χ1v) is 11.2. The van der Waals surface area contributed by atoms with Crippen molar-refractivity contribution in [3.63, 3.8) is 0 Å². The predicted molar refractivity (Wildman–Crippen MR) is 131 cm³/mol. The largest absolute Gasteiger partial charge is 0.395 e. The molecule has 6 heteroatoms. The maximum atomic E-state index is 12.4. The van der Waals surface area contributed by atoms with Crippen LogP contribution in [0.2, 0.25) is 0 Å². The minimum Gasteiger partial charge on any atom is -0.395 e. The van der Waals surface area contributed by atoms with E-state index in [1.165, 1.54) is 0 Å². The molecule has 4 rings (SSSR count). The first-order valence-electron chi connectivity index (χ1n) is 11.2. The van der Waals surface area contributed by atoms with Gasteiger partial charge in [-0.25, -0.2) is 0 Å². The normalized spacial score (nSPS) is 17.2. The molecule has 33 heavy (non-hydrogen) atoms. The molecular formula is C27H29N3O3. The summed E-state index contributed by atoms with van der Waals surface area (Å²) in [6.07, 6.45) is 0.800. The molecule has 2 atom stereocenters. The lowest BCUT2D eigenvalue weighted by molar-refractivity contribution is -0.117. The Morgan fingerprint density at radius 1 is 1.00 bits per heavy atom.